The van der Waals surface area contributed by atoms with Crippen molar-refractivity contribution in [2.45, 2.75) is 13.8 Å². The van der Waals surface area contributed by atoms with E-state index in [0.29, 0.717) is 23.6 Å². The van der Waals surface area contributed by atoms with Gasteiger partial charge in [-0.3, -0.25) is 0 Å². The van der Waals surface area contributed by atoms with E-state index in [2.05, 4.69) is 9.97 Å². The van der Waals surface area contributed by atoms with Crippen LogP contribution in [0.1, 0.15) is 13.8 Å². The van der Waals surface area contributed by atoms with E-state index in [1.807, 2.05) is 32.0 Å². The molecule has 0 unspecified atom stereocenters. The quantitative estimate of drug-likeness (QED) is 0.819. The van der Waals surface area contributed by atoms with Gasteiger partial charge >= 0.3 is 0 Å². The van der Waals surface area contributed by atoms with Crippen molar-refractivity contribution < 1.29 is 9.30 Å². The van der Waals surface area contributed by atoms with Gasteiger partial charge in [0.2, 0.25) is 5.95 Å². The Morgan fingerprint density at radius 3 is 2.41 bits per heavy atom. The van der Waals surface area contributed by atoms with E-state index in [9.17, 15) is 4.57 Å². The number of aromatic nitrogens is 2. The van der Waals surface area contributed by atoms with Crippen LogP contribution < -0.4 is 21.5 Å². The van der Waals surface area contributed by atoms with Crippen molar-refractivity contribution >= 4 is 24.2 Å². The highest BCUT2D eigenvalue weighted by molar-refractivity contribution is 7.71. The molecule has 1 aromatic carbocycles. The van der Waals surface area contributed by atoms with E-state index < -0.39 is 7.14 Å². The maximum absolute atomic E-state index is 12.9. The van der Waals surface area contributed by atoms with Gasteiger partial charge in [0.15, 0.2) is 0 Å². The highest BCUT2D eigenvalue weighted by Crippen LogP contribution is 2.45. The predicted octanol–water partition coefficient (Wildman–Crippen LogP) is 2.34. The summed E-state index contributed by atoms with van der Waals surface area (Å²) >= 11 is 0. The van der Waals surface area contributed by atoms with Crippen LogP contribution in [0.25, 0.3) is 11.1 Å². The Morgan fingerprint density at radius 1 is 1.18 bits per heavy atom. The minimum atomic E-state index is -2.37. The highest BCUT2D eigenvalue weighted by atomic mass is 31.2. The number of anilines is 2. The van der Waals surface area contributed by atoms with Crippen LogP contribution in [0, 0.1) is 0 Å². The molecule has 0 bridgehead atoms. The van der Waals surface area contributed by atoms with Crippen molar-refractivity contribution in [1.29, 1.82) is 0 Å². The lowest BCUT2D eigenvalue weighted by Crippen LogP contribution is -2.10. The Morgan fingerprint density at radius 2 is 1.86 bits per heavy atom. The Kier molecular flexibility index (Phi) is 4.71. The maximum Gasteiger partial charge on any atom is 0.221 e. The van der Waals surface area contributed by atoms with Crippen molar-refractivity contribution in [1.82, 2.24) is 9.97 Å². The number of nitrogens with two attached hydrogens (primary N) is 2. The molecule has 6 nitrogen and oxygen atoms in total. The normalized spacial score (nSPS) is 11.4. The fourth-order valence-electron chi connectivity index (χ4n) is 2.36. The van der Waals surface area contributed by atoms with Crippen LogP contribution in [0.3, 0.4) is 0 Å². The molecular weight excluding hydrogens is 299 g/mol. The van der Waals surface area contributed by atoms with Crippen molar-refractivity contribution in [2.75, 3.05) is 30.9 Å². The molecule has 0 aliphatic heterocycles. The van der Waals surface area contributed by atoms with E-state index in [1.54, 1.807) is 13.3 Å². The van der Waals surface area contributed by atoms with Gasteiger partial charge < -0.3 is 20.8 Å². The highest BCUT2D eigenvalue weighted by Gasteiger charge is 2.22. The molecule has 0 saturated heterocycles. The monoisotopic (exact) mass is 320 g/mol. The molecule has 22 heavy (non-hydrogen) atoms. The molecule has 0 fully saturated rings. The third kappa shape index (κ3) is 2.92. The lowest BCUT2D eigenvalue weighted by atomic mass is 10.1. The standard InChI is InChI=1S/C15H21N4O2P/c1-4-22(20,5-2)10-6-7-11(13(8-10)21-3)12-9-18-15(17)19-14(12)16/h6-9H,4-5H2,1-3H3,(H4,16,17,18,19). The Balaban J connectivity index is 2.58. The SMILES string of the molecule is CCP(=O)(CC)c1ccc(-c2cnc(N)nc2N)c(OC)c1. The summed E-state index contributed by atoms with van der Waals surface area (Å²) in [5, 5.41) is 0.813. The summed E-state index contributed by atoms with van der Waals surface area (Å²) in [5.41, 5.74) is 12.8. The molecule has 0 amide bonds. The second-order valence-electron chi connectivity index (χ2n) is 4.93. The fourth-order valence-corrected chi connectivity index (χ4v) is 4.24. The van der Waals surface area contributed by atoms with E-state index >= 15 is 0 Å². The van der Waals surface area contributed by atoms with Gasteiger partial charge in [-0.05, 0) is 12.1 Å². The van der Waals surface area contributed by atoms with Crippen LogP contribution in [0.2, 0.25) is 0 Å². The first-order valence-corrected chi connectivity index (χ1v) is 9.18. The average Bonchev–Trinajstić information content (AvgIpc) is 2.53. The number of hydrogen-bond acceptors (Lipinski definition) is 6. The first kappa shape index (κ1) is 16.3. The van der Waals surface area contributed by atoms with Crippen molar-refractivity contribution in [3.8, 4) is 16.9 Å². The Bertz CT molecular complexity index is 725. The number of rotatable bonds is 5. The molecule has 118 valence electrons. The minimum Gasteiger partial charge on any atom is -0.496 e. The second-order valence-corrected chi connectivity index (χ2v) is 8.49. The molecule has 2 rings (SSSR count). The van der Waals surface area contributed by atoms with Crippen molar-refractivity contribution in [2.24, 2.45) is 0 Å². The van der Waals surface area contributed by atoms with Gasteiger partial charge in [0, 0.05) is 35.0 Å². The zero-order valence-electron chi connectivity index (χ0n) is 13.0. The summed E-state index contributed by atoms with van der Waals surface area (Å²) in [5.74, 6) is 1.01. The molecule has 0 atom stereocenters. The summed E-state index contributed by atoms with van der Waals surface area (Å²) in [6, 6.07) is 5.53. The molecule has 0 aliphatic rings. The van der Waals surface area contributed by atoms with E-state index in [0.717, 1.165) is 10.9 Å². The molecule has 0 spiro atoms. The van der Waals surface area contributed by atoms with Crippen molar-refractivity contribution in [3.05, 3.63) is 24.4 Å². The number of hydrogen-bond donors (Lipinski definition) is 2. The smallest absolute Gasteiger partial charge is 0.221 e. The topological polar surface area (TPSA) is 104 Å². The Labute approximate surface area is 130 Å². The van der Waals surface area contributed by atoms with E-state index in [4.69, 9.17) is 16.2 Å². The van der Waals surface area contributed by atoms with Gasteiger partial charge in [-0.25, -0.2) is 4.98 Å². The van der Waals surface area contributed by atoms with Crippen LogP contribution in [0.15, 0.2) is 24.4 Å². The number of methoxy groups -OCH3 is 1. The molecule has 4 N–H and O–H groups in total. The van der Waals surface area contributed by atoms with Gasteiger partial charge in [-0.15, -0.1) is 0 Å². The van der Waals surface area contributed by atoms with Crippen LogP contribution in [0.4, 0.5) is 11.8 Å². The van der Waals surface area contributed by atoms with Gasteiger partial charge in [-0.2, -0.15) is 4.98 Å². The number of nitrogen functional groups attached to an aromatic ring is 2. The van der Waals surface area contributed by atoms with Gasteiger partial charge in [0.05, 0.1) is 7.11 Å². The lowest BCUT2D eigenvalue weighted by molar-refractivity contribution is 0.416. The van der Waals surface area contributed by atoms with Gasteiger partial charge in [0.25, 0.3) is 0 Å². The zero-order valence-corrected chi connectivity index (χ0v) is 13.9. The number of ether oxygens (including phenoxy) is 1. The van der Waals surface area contributed by atoms with Crippen LogP contribution >= 0.6 is 7.14 Å². The maximum atomic E-state index is 12.9. The van der Waals surface area contributed by atoms with Crippen LogP contribution in [-0.4, -0.2) is 29.4 Å². The van der Waals surface area contributed by atoms with Crippen LogP contribution in [-0.2, 0) is 4.57 Å². The van der Waals surface area contributed by atoms with Gasteiger partial charge in [-0.1, -0.05) is 19.9 Å². The molecule has 1 aromatic heterocycles. The lowest BCUT2D eigenvalue weighted by Gasteiger charge is -2.17. The van der Waals surface area contributed by atoms with Crippen LogP contribution in [0.5, 0.6) is 5.75 Å². The van der Waals surface area contributed by atoms with E-state index in [-0.39, 0.29) is 11.8 Å². The zero-order chi connectivity index (χ0) is 16.3. The summed E-state index contributed by atoms with van der Waals surface area (Å²) in [4.78, 5) is 7.93. The molecule has 0 aliphatic carbocycles. The molecule has 0 radical (unpaired) electrons. The molecule has 0 saturated carbocycles. The molecule has 7 heteroatoms. The summed E-state index contributed by atoms with van der Waals surface area (Å²) in [6.45, 7) is 3.88. The average molecular weight is 320 g/mol. The Hall–Kier alpha value is -2.07. The molecular formula is C15H21N4O2P. The summed E-state index contributed by atoms with van der Waals surface area (Å²) in [6.07, 6.45) is 2.81. The second kappa shape index (κ2) is 6.36. The first-order chi connectivity index (χ1) is 10.4. The van der Waals surface area contributed by atoms with Gasteiger partial charge in [0.1, 0.15) is 18.7 Å². The first-order valence-electron chi connectivity index (χ1n) is 7.10. The third-order valence-corrected chi connectivity index (χ3v) is 7.07. The number of nitrogens with zero attached hydrogens (tertiary/aromatic N) is 2. The predicted molar refractivity (Wildman–Crippen MR) is 91.2 cm³/mol. The fraction of sp³-hybridized carbons (Fsp3) is 0.333. The summed E-state index contributed by atoms with van der Waals surface area (Å²) < 4.78 is 18.3. The number of benzene rings is 1. The van der Waals surface area contributed by atoms with E-state index in [1.165, 1.54) is 0 Å². The molecule has 1 heterocycles. The largest absolute Gasteiger partial charge is 0.496 e. The van der Waals surface area contributed by atoms with Crippen molar-refractivity contribution in [3.63, 3.8) is 0 Å². The minimum absolute atomic E-state index is 0.123. The molecule has 2 aromatic rings. The third-order valence-electron chi connectivity index (χ3n) is 3.80. The summed E-state index contributed by atoms with van der Waals surface area (Å²) in [7, 11) is -0.798.